The summed E-state index contributed by atoms with van der Waals surface area (Å²) >= 11 is 2.20. The van der Waals surface area contributed by atoms with E-state index in [4.69, 9.17) is 0 Å². The molecule has 3 aromatic rings. The van der Waals surface area contributed by atoms with Crippen LogP contribution in [0.2, 0.25) is 0 Å². The molecule has 0 saturated carbocycles. The van der Waals surface area contributed by atoms with E-state index in [2.05, 4.69) is 10.6 Å². The van der Waals surface area contributed by atoms with Gasteiger partial charge in [-0.05, 0) is 60.4 Å². The van der Waals surface area contributed by atoms with E-state index in [0.717, 1.165) is 44.5 Å². The van der Waals surface area contributed by atoms with Crippen LogP contribution in [-0.2, 0) is 41.6 Å². The Kier molecular flexibility index (Phi) is 10.4. The zero-order valence-corrected chi connectivity index (χ0v) is 31.5. The summed E-state index contributed by atoms with van der Waals surface area (Å²) in [7, 11) is 0. The Morgan fingerprint density at radius 3 is 1.23 bits per heavy atom. The Morgan fingerprint density at radius 1 is 0.571 bits per heavy atom. The van der Waals surface area contributed by atoms with Gasteiger partial charge in [0, 0.05) is 24.0 Å². The molecule has 4 amide bonds. The smallest absolute Gasteiger partial charge is 0.352 e. The van der Waals surface area contributed by atoms with Crippen LogP contribution in [0.4, 0.5) is 0 Å². The van der Waals surface area contributed by atoms with Crippen LogP contribution in [0.15, 0.2) is 107 Å². The largest absolute Gasteiger partial charge is 0.477 e. The number of Topliss-reactive ketones (excluding diaryl/α,β-unsaturated/α-hetero) is 2. The molecule has 14 nitrogen and oxygen atoms in total. The quantitative estimate of drug-likeness (QED) is 0.195. The fourth-order valence-electron chi connectivity index (χ4n) is 7.24. The second-order valence-electron chi connectivity index (χ2n) is 13.6. The summed E-state index contributed by atoms with van der Waals surface area (Å²) in [5.41, 5.74) is 1.59. The molecule has 4 N–H and O–H groups in total. The van der Waals surface area contributed by atoms with E-state index >= 15 is 0 Å². The molecule has 286 valence electrons. The molecule has 7 rings (SSSR count). The van der Waals surface area contributed by atoms with Crippen molar-refractivity contribution in [3.63, 3.8) is 0 Å². The number of amides is 4. The van der Waals surface area contributed by atoms with Crippen molar-refractivity contribution in [2.24, 2.45) is 0 Å². The highest BCUT2D eigenvalue weighted by Gasteiger charge is 2.58. The van der Waals surface area contributed by atoms with Crippen LogP contribution < -0.4 is 10.6 Å². The van der Waals surface area contributed by atoms with Gasteiger partial charge in [-0.25, -0.2) is 9.59 Å². The van der Waals surface area contributed by atoms with E-state index in [1.807, 2.05) is 12.1 Å². The molecule has 2 fully saturated rings. The molecule has 0 spiro atoms. The highest BCUT2D eigenvalue weighted by Crippen LogP contribution is 2.46. The Balaban J connectivity index is 1.00. The number of fused-ring (bicyclic) bond motifs is 2. The molecule has 4 aliphatic heterocycles. The van der Waals surface area contributed by atoms with Crippen molar-refractivity contribution in [3.8, 4) is 0 Å². The minimum atomic E-state index is -1.36. The lowest BCUT2D eigenvalue weighted by molar-refractivity contribution is -0.149. The number of β-lactam (4-membered cyclic amide) rings is 2. The summed E-state index contributed by atoms with van der Waals surface area (Å²) in [5, 5.41) is 21.8. The fourth-order valence-corrected chi connectivity index (χ4v) is 10.2. The minimum absolute atomic E-state index is 0.0576. The van der Waals surface area contributed by atoms with E-state index in [1.165, 1.54) is 38.1 Å². The molecule has 0 radical (unpaired) electrons. The molecule has 3 aromatic carbocycles. The van der Waals surface area contributed by atoms with Crippen molar-refractivity contribution in [2.75, 3.05) is 0 Å². The van der Waals surface area contributed by atoms with Gasteiger partial charge >= 0.3 is 11.9 Å². The molecular weight excluding hydrogens is 761 g/mol. The van der Waals surface area contributed by atoms with Crippen molar-refractivity contribution in [3.05, 3.63) is 130 Å². The molecule has 6 atom stereocenters. The molecule has 2 saturated heterocycles. The van der Waals surface area contributed by atoms with Gasteiger partial charge in [0.1, 0.15) is 34.2 Å². The van der Waals surface area contributed by atoms with Gasteiger partial charge in [-0.3, -0.25) is 38.6 Å². The Labute approximate surface area is 328 Å². The summed E-state index contributed by atoms with van der Waals surface area (Å²) in [5.74, 6) is -5.83. The van der Waals surface area contributed by atoms with Crippen LogP contribution in [-0.4, -0.2) is 100 Å². The predicted octanol–water partition coefficient (Wildman–Crippen LogP) is 2.79. The van der Waals surface area contributed by atoms with Gasteiger partial charge in [-0.1, -0.05) is 60.7 Å². The monoisotopic (exact) mass is 794 g/mol. The topological polar surface area (TPSA) is 208 Å². The molecule has 0 unspecified atom stereocenters. The van der Waals surface area contributed by atoms with Crippen molar-refractivity contribution in [1.82, 2.24) is 20.4 Å². The zero-order valence-electron chi connectivity index (χ0n) is 29.8. The summed E-state index contributed by atoms with van der Waals surface area (Å²) in [6.07, 6.45) is 0.115. The maximum absolute atomic E-state index is 13.3. The predicted molar refractivity (Wildman–Crippen MR) is 204 cm³/mol. The number of nitrogens with one attached hydrogen (secondary N) is 2. The number of carboxylic acid groups (broad SMARTS) is 2. The minimum Gasteiger partial charge on any atom is -0.477 e. The fraction of sp³-hybridized carbons (Fsp3) is 0.250. The van der Waals surface area contributed by atoms with Crippen LogP contribution in [0.25, 0.3) is 0 Å². The number of ketones is 2. The zero-order chi connectivity index (χ0) is 40.0. The van der Waals surface area contributed by atoms with Crippen LogP contribution in [0, 0.1) is 0 Å². The van der Waals surface area contributed by atoms with Crippen molar-refractivity contribution >= 4 is 70.7 Å². The van der Waals surface area contributed by atoms with Crippen molar-refractivity contribution < 1.29 is 48.6 Å². The first kappa shape index (κ1) is 38.3. The third kappa shape index (κ3) is 6.90. The van der Waals surface area contributed by atoms with E-state index in [1.54, 1.807) is 48.5 Å². The van der Waals surface area contributed by atoms with Crippen LogP contribution >= 0.6 is 23.5 Å². The normalized spacial score (nSPS) is 24.0. The number of carbonyl (C=O) groups excluding carboxylic acids is 6. The standard InChI is InChI=1S/C40H34N4O10S2/c1-19-29(39(51)52)43-35(49)27(37(43)55-31(19)25(45)17-21-9-5-3-6-10-21)41-33(47)23-13-15-24(16-14-23)34(48)42-28-36(50)44-30(40(53)54)20(2)32(56-38(28)44)26(46)18-22-11-7-4-8-12-22/h3-16,27-28,31-32,37-38H,17-18H2,1-2H3,(H,41,47)(H,42,48)(H,51,52)(H,53,54)/t27-,28-,31-,32+,37-,38-/m1/s1. The van der Waals surface area contributed by atoms with Crippen LogP contribution in [0.5, 0.6) is 0 Å². The number of hydrogen-bond donors (Lipinski definition) is 4. The van der Waals surface area contributed by atoms with Crippen LogP contribution in [0.3, 0.4) is 0 Å². The second kappa shape index (κ2) is 15.3. The Bertz CT molecular complexity index is 2100. The number of thioether (sulfide) groups is 2. The van der Waals surface area contributed by atoms with E-state index < -0.39 is 68.9 Å². The first-order valence-corrected chi connectivity index (χ1v) is 19.4. The number of hydrogen-bond acceptors (Lipinski definition) is 10. The molecule has 4 aliphatic rings. The number of rotatable bonds is 12. The summed E-state index contributed by atoms with van der Waals surface area (Å²) < 4.78 is 0. The first-order valence-electron chi connectivity index (χ1n) is 17.5. The summed E-state index contributed by atoms with van der Waals surface area (Å²) in [6.45, 7) is 3.02. The van der Waals surface area contributed by atoms with Gasteiger partial charge in [0.25, 0.3) is 23.6 Å². The highest BCUT2D eigenvalue weighted by atomic mass is 32.2. The molecule has 56 heavy (non-hydrogen) atoms. The maximum atomic E-state index is 13.3. The molecule has 4 heterocycles. The third-order valence-electron chi connectivity index (χ3n) is 10.1. The van der Waals surface area contributed by atoms with E-state index in [-0.39, 0.29) is 58.1 Å². The van der Waals surface area contributed by atoms with Gasteiger partial charge in [0.05, 0.1) is 10.5 Å². The van der Waals surface area contributed by atoms with E-state index in [0.29, 0.717) is 0 Å². The van der Waals surface area contributed by atoms with Crippen molar-refractivity contribution in [1.29, 1.82) is 0 Å². The Morgan fingerprint density at radius 2 is 0.911 bits per heavy atom. The Hall–Kier alpha value is -6.00. The number of carboxylic acids is 2. The number of nitrogens with zero attached hydrogens (tertiary/aromatic N) is 2. The molecule has 0 aromatic heterocycles. The summed E-state index contributed by atoms with van der Waals surface area (Å²) in [4.78, 5) is 106. The van der Waals surface area contributed by atoms with E-state index in [9.17, 15) is 48.6 Å². The lowest BCUT2D eigenvalue weighted by atomic mass is 9.97. The average molecular weight is 795 g/mol. The SMILES string of the molecule is CC1=C(C(=O)O)N2C(=O)[C@@H](NC(=O)c3ccc(C(=O)N[C@@H]4C(=O)N5C(C(=O)O)=C(C)[C@H](C(=O)Cc6ccccc6)S[C@H]45)cc3)[C@H]2S[C@@H]1C(=O)Cc1ccccc1. The lowest BCUT2D eigenvalue weighted by Crippen LogP contribution is -2.71. The molecule has 16 heteroatoms. The number of carbonyl (C=O) groups is 8. The highest BCUT2D eigenvalue weighted by molar-refractivity contribution is 8.01. The van der Waals surface area contributed by atoms with Gasteiger partial charge in [0.2, 0.25) is 0 Å². The first-order chi connectivity index (χ1) is 26.8. The maximum Gasteiger partial charge on any atom is 0.352 e. The number of benzene rings is 3. The average Bonchev–Trinajstić information content (AvgIpc) is 3.18. The van der Waals surface area contributed by atoms with Gasteiger partial charge in [-0.2, -0.15) is 0 Å². The third-order valence-corrected chi connectivity index (χ3v) is 13.4. The van der Waals surface area contributed by atoms with Gasteiger partial charge < -0.3 is 20.8 Å². The second-order valence-corrected chi connectivity index (χ2v) is 16.1. The molecular formula is C40H34N4O10S2. The van der Waals surface area contributed by atoms with Crippen LogP contribution in [0.1, 0.15) is 45.7 Å². The summed E-state index contributed by atoms with van der Waals surface area (Å²) in [6, 6.07) is 21.1. The molecule has 0 aliphatic carbocycles. The van der Waals surface area contributed by atoms with Gasteiger partial charge in [-0.15, -0.1) is 23.5 Å². The molecule has 0 bridgehead atoms. The van der Waals surface area contributed by atoms with Crippen molar-refractivity contribution in [2.45, 2.75) is 60.0 Å². The lowest BCUT2D eigenvalue weighted by Gasteiger charge is -2.51. The van der Waals surface area contributed by atoms with Gasteiger partial charge in [0.15, 0.2) is 11.6 Å². The number of aliphatic carboxylic acids is 2.